The Hall–Kier alpha value is 1.49. The summed E-state index contributed by atoms with van der Waals surface area (Å²) in [4.78, 5) is 0. The fourth-order valence-electron chi connectivity index (χ4n) is 0. The third kappa shape index (κ3) is 9.75. The van der Waals surface area contributed by atoms with E-state index in [-0.39, 0.29) is 32.4 Å². The van der Waals surface area contributed by atoms with Gasteiger partial charge in [0.25, 0.3) is 0 Å². The first-order valence-corrected chi connectivity index (χ1v) is 0.779. The van der Waals surface area contributed by atoms with E-state index in [9.17, 15) is 3.09 Å². The van der Waals surface area contributed by atoms with Crippen molar-refractivity contribution in [2.75, 3.05) is 0 Å². The number of rotatable bonds is 0. The van der Waals surface area contributed by atoms with E-state index in [0.29, 0.717) is 21.0 Å². The minimum atomic E-state index is 0. The third-order valence-corrected chi connectivity index (χ3v) is 0. The first-order chi connectivity index (χ1) is 1.00. The van der Waals surface area contributed by atoms with E-state index in [1.165, 1.54) is 0 Å². The zero-order valence-corrected chi connectivity index (χ0v) is 6.10. The summed E-state index contributed by atoms with van der Waals surface area (Å²) >= 11 is 0.500. The van der Waals surface area contributed by atoms with Crippen LogP contribution in [0.25, 0.3) is 0 Å². The van der Waals surface area contributed by atoms with Gasteiger partial charge in [-0.25, -0.2) is 0 Å². The van der Waals surface area contributed by atoms with Crippen molar-refractivity contribution in [2.24, 2.45) is 0 Å². The smallest absolute Gasteiger partial charge is 0 e. The quantitative estimate of drug-likeness (QED) is 0.537. The Morgan fingerprint density at radius 2 is 1.25 bits per heavy atom. The maximum Gasteiger partial charge on any atom is 0 e. The van der Waals surface area contributed by atoms with Gasteiger partial charge in [-0.1, -0.05) is 0 Å². The molecule has 23 valence electrons. The van der Waals surface area contributed by atoms with E-state index in [0.717, 1.165) is 0 Å². The van der Waals surface area contributed by atoms with Crippen molar-refractivity contribution in [3.05, 3.63) is 0 Å². The van der Waals surface area contributed by atoms with Crippen molar-refractivity contribution in [3.63, 3.8) is 0 Å². The topological polar surface area (TPSA) is 35.0 Å². The van der Waals surface area contributed by atoms with Gasteiger partial charge in [0, 0.05) is 26.2 Å². The summed E-state index contributed by atoms with van der Waals surface area (Å²) in [7, 11) is 0. The van der Waals surface area contributed by atoms with Gasteiger partial charge < -0.3 is 6.15 Å². The number of hydrogen-bond acceptors (Lipinski definition) is 1. The van der Waals surface area contributed by atoms with Crippen molar-refractivity contribution in [2.45, 2.75) is 0 Å². The molecule has 0 aromatic heterocycles. The van der Waals surface area contributed by atoms with Crippen molar-refractivity contribution in [3.8, 4) is 0 Å². The van der Waals surface area contributed by atoms with Crippen molar-refractivity contribution < 1.29 is 50.3 Å². The van der Waals surface area contributed by atoms with Gasteiger partial charge in [0.05, 0.1) is 0 Å². The van der Waals surface area contributed by atoms with Gasteiger partial charge in [-0.3, -0.25) is 0 Å². The minimum absolute atomic E-state index is 0. The molecule has 0 saturated heterocycles. The molecule has 3 N–H and O–H groups in total. The molecule has 4 heteroatoms. The first kappa shape index (κ1) is 17.9. The van der Waals surface area contributed by atoms with Gasteiger partial charge in [-0.05, 0) is 0 Å². The summed E-state index contributed by atoms with van der Waals surface area (Å²) in [5, 5.41) is 0. The Balaban J connectivity index is -0.00000000500. The van der Waals surface area contributed by atoms with Crippen LogP contribution in [0.5, 0.6) is 0 Å². The molecule has 0 fully saturated rings. The van der Waals surface area contributed by atoms with E-state index >= 15 is 0 Å². The summed E-state index contributed by atoms with van der Waals surface area (Å²) in [5.74, 6) is 0. The minimum Gasteiger partial charge on any atom is 0 e. The molecule has 0 saturated carbocycles. The molecule has 0 aliphatic carbocycles. The summed E-state index contributed by atoms with van der Waals surface area (Å²) < 4.78 is 9.50. The normalized spacial score (nSPS) is 1.00. The van der Waals surface area contributed by atoms with E-state index in [4.69, 9.17) is 0 Å². The van der Waals surface area contributed by atoms with Gasteiger partial charge in [0.2, 0.25) is 0 Å². The Labute approximate surface area is 56.1 Å². The molecule has 0 amide bonds. The monoisotopic (exact) mass is 174 g/mol. The molecule has 0 radical (unpaired) electrons. The molecule has 4 heavy (non-hydrogen) atoms. The van der Waals surface area contributed by atoms with Crippen LogP contribution in [0.15, 0.2) is 0 Å². The van der Waals surface area contributed by atoms with E-state index in [1.54, 1.807) is 0 Å². The average Bonchev–Trinajstić information content (AvgIpc) is 1.00. The Bertz CT molecular complexity index is 8.00. The third-order valence-electron chi connectivity index (χ3n) is 0. The van der Waals surface area contributed by atoms with Crippen LogP contribution >= 0.6 is 0 Å². The molecular weight excluding hydrogens is 172 g/mol. The second-order valence-electron chi connectivity index (χ2n) is 0. The molecule has 0 unspecified atom stereocenters. The molecular formula is H3FNTiZr. The maximum absolute atomic E-state index is 9.50. The molecule has 0 aliphatic heterocycles. The molecule has 0 aromatic carbocycles. The molecule has 1 nitrogen and oxygen atoms in total. The summed E-state index contributed by atoms with van der Waals surface area (Å²) in [6.45, 7) is 0. The molecule has 0 aliphatic rings. The van der Waals surface area contributed by atoms with Gasteiger partial charge in [0.1, 0.15) is 0 Å². The van der Waals surface area contributed by atoms with E-state index < -0.39 is 0 Å². The van der Waals surface area contributed by atoms with Gasteiger partial charge in [-0.15, -0.1) is 0 Å². The predicted molar refractivity (Wildman–Crippen MR) is 6.13 cm³/mol. The summed E-state index contributed by atoms with van der Waals surface area (Å²) in [5.41, 5.74) is 0. The largest absolute Gasteiger partial charge is 0 e. The molecule has 0 aromatic rings. The van der Waals surface area contributed by atoms with Crippen molar-refractivity contribution in [1.29, 1.82) is 0 Å². The van der Waals surface area contributed by atoms with E-state index in [1.807, 2.05) is 0 Å². The number of halogens is 1. The van der Waals surface area contributed by atoms with Crippen molar-refractivity contribution >= 4 is 0 Å². The van der Waals surface area contributed by atoms with Crippen LogP contribution in [0.4, 0.5) is 3.09 Å². The zero-order valence-electron chi connectivity index (χ0n) is 2.09. The molecule has 0 spiro atoms. The molecule has 0 heterocycles. The Kier molecular flexibility index (Phi) is 110. The van der Waals surface area contributed by atoms with Crippen LogP contribution in [0.3, 0.4) is 0 Å². The molecule has 0 rings (SSSR count). The van der Waals surface area contributed by atoms with Crippen molar-refractivity contribution in [1.82, 2.24) is 6.15 Å². The SMILES string of the molecule is N.[F][Ti].[Zr]. The van der Waals surface area contributed by atoms with Crippen LogP contribution < -0.4 is 6.15 Å². The second kappa shape index (κ2) is 24.7. The molecule has 0 bridgehead atoms. The molecule has 0 atom stereocenters. The van der Waals surface area contributed by atoms with Crippen LogP contribution in [0.2, 0.25) is 0 Å². The fraction of sp³-hybridized carbons (Fsp3) is 0. The van der Waals surface area contributed by atoms with Crippen LogP contribution in [0, 0.1) is 0 Å². The maximum atomic E-state index is 9.50. The van der Waals surface area contributed by atoms with Gasteiger partial charge in [0.15, 0.2) is 0 Å². The zero-order chi connectivity index (χ0) is 2.00. The van der Waals surface area contributed by atoms with Gasteiger partial charge in [-0.2, -0.15) is 0 Å². The Morgan fingerprint density at radius 1 is 1.25 bits per heavy atom. The van der Waals surface area contributed by atoms with E-state index in [2.05, 4.69) is 0 Å². The standard InChI is InChI=1S/FH.H3N.Ti.Zr/h1H;1H3;;/q;;+1;/p-1. The van der Waals surface area contributed by atoms with Crippen LogP contribution in [-0.4, -0.2) is 0 Å². The average molecular weight is 175 g/mol. The Morgan fingerprint density at radius 3 is 1.25 bits per heavy atom. The summed E-state index contributed by atoms with van der Waals surface area (Å²) in [6, 6.07) is 0. The second-order valence-corrected chi connectivity index (χ2v) is 0. The number of hydrogen-bond donors (Lipinski definition) is 1. The van der Waals surface area contributed by atoms with Crippen LogP contribution in [0.1, 0.15) is 0 Å². The first-order valence-electron chi connectivity index (χ1n) is 0.189. The fourth-order valence-corrected chi connectivity index (χ4v) is 0. The van der Waals surface area contributed by atoms with Crippen LogP contribution in [-0.2, 0) is 47.2 Å². The van der Waals surface area contributed by atoms with Gasteiger partial charge >= 0.3 is 24.1 Å². The summed E-state index contributed by atoms with van der Waals surface area (Å²) in [6.07, 6.45) is 0. The predicted octanol–water partition coefficient (Wildman–Crippen LogP) is 0.577.